The number of aromatic nitrogens is 2. The van der Waals surface area contributed by atoms with Crippen LogP contribution in [0.1, 0.15) is 34.8 Å². The SMILES string of the molecule is Cn1nc(C(=O)Nc2cccc(C3CCNCC3)c2)cc1Cl. The van der Waals surface area contributed by atoms with Crippen molar-refractivity contribution in [2.75, 3.05) is 18.4 Å². The fraction of sp³-hybridized carbons (Fsp3) is 0.375. The van der Waals surface area contributed by atoms with E-state index in [1.807, 2.05) is 12.1 Å². The smallest absolute Gasteiger partial charge is 0.276 e. The van der Waals surface area contributed by atoms with Crippen LogP contribution in [0.4, 0.5) is 5.69 Å². The number of anilines is 1. The molecule has 0 atom stereocenters. The van der Waals surface area contributed by atoms with Crippen molar-refractivity contribution in [3.8, 4) is 0 Å². The van der Waals surface area contributed by atoms with Gasteiger partial charge in [0.05, 0.1) is 0 Å². The molecule has 6 heteroatoms. The Hall–Kier alpha value is -1.85. The molecule has 1 aliphatic rings. The third-order valence-electron chi connectivity index (χ3n) is 4.01. The summed E-state index contributed by atoms with van der Waals surface area (Å²) in [5.41, 5.74) is 2.39. The minimum absolute atomic E-state index is 0.245. The Morgan fingerprint density at radius 2 is 2.14 bits per heavy atom. The Morgan fingerprint density at radius 3 is 2.82 bits per heavy atom. The fourth-order valence-corrected chi connectivity index (χ4v) is 2.92. The molecule has 22 heavy (non-hydrogen) atoms. The molecule has 0 saturated carbocycles. The summed E-state index contributed by atoms with van der Waals surface area (Å²) in [6, 6.07) is 9.63. The molecule has 2 aromatic rings. The summed E-state index contributed by atoms with van der Waals surface area (Å²) in [4.78, 5) is 12.2. The summed E-state index contributed by atoms with van der Waals surface area (Å²) in [5, 5.41) is 10.8. The van der Waals surface area contributed by atoms with Crippen LogP contribution in [0.3, 0.4) is 0 Å². The van der Waals surface area contributed by atoms with Crippen molar-refractivity contribution in [1.82, 2.24) is 15.1 Å². The van der Waals surface area contributed by atoms with Crippen LogP contribution in [-0.2, 0) is 7.05 Å². The maximum Gasteiger partial charge on any atom is 0.276 e. The number of aryl methyl sites for hydroxylation is 1. The minimum Gasteiger partial charge on any atom is -0.321 e. The highest BCUT2D eigenvalue weighted by molar-refractivity contribution is 6.30. The second-order valence-electron chi connectivity index (χ2n) is 5.58. The maximum atomic E-state index is 12.2. The van der Waals surface area contributed by atoms with E-state index in [4.69, 9.17) is 11.6 Å². The molecular weight excluding hydrogens is 300 g/mol. The molecule has 1 aromatic heterocycles. The molecule has 0 bridgehead atoms. The minimum atomic E-state index is -0.245. The Labute approximate surface area is 134 Å². The molecule has 1 amide bonds. The van der Waals surface area contributed by atoms with Gasteiger partial charge in [-0.2, -0.15) is 5.10 Å². The highest BCUT2D eigenvalue weighted by atomic mass is 35.5. The first-order valence-corrected chi connectivity index (χ1v) is 7.83. The van der Waals surface area contributed by atoms with Crippen LogP contribution < -0.4 is 10.6 Å². The molecular formula is C16H19ClN4O. The van der Waals surface area contributed by atoms with Crippen LogP contribution in [0.25, 0.3) is 0 Å². The van der Waals surface area contributed by atoms with Gasteiger partial charge in [0.2, 0.25) is 0 Å². The van der Waals surface area contributed by atoms with Crippen LogP contribution >= 0.6 is 11.6 Å². The standard InChI is InChI=1S/C16H19ClN4O/c1-21-15(17)10-14(20-21)16(22)19-13-4-2-3-12(9-13)11-5-7-18-8-6-11/h2-4,9-11,18H,5-8H2,1H3,(H,19,22). The van der Waals surface area contributed by atoms with Crippen molar-refractivity contribution in [2.24, 2.45) is 7.05 Å². The number of carbonyl (C=O) groups is 1. The van der Waals surface area contributed by atoms with Crippen molar-refractivity contribution in [3.05, 3.63) is 46.7 Å². The molecule has 1 fully saturated rings. The molecule has 2 heterocycles. The highest BCUT2D eigenvalue weighted by Gasteiger charge is 2.16. The van der Waals surface area contributed by atoms with Crippen molar-refractivity contribution >= 4 is 23.2 Å². The quantitative estimate of drug-likeness (QED) is 0.915. The molecule has 0 radical (unpaired) electrons. The number of nitrogens with one attached hydrogen (secondary N) is 2. The van der Waals surface area contributed by atoms with E-state index >= 15 is 0 Å². The number of hydrogen-bond donors (Lipinski definition) is 2. The van der Waals surface area contributed by atoms with Crippen molar-refractivity contribution < 1.29 is 4.79 Å². The number of amides is 1. The first-order valence-electron chi connectivity index (χ1n) is 7.45. The third-order valence-corrected chi connectivity index (χ3v) is 4.36. The van der Waals surface area contributed by atoms with Crippen molar-refractivity contribution in [3.63, 3.8) is 0 Å². The van der Waals surface area contributed by atoms with Gasteiger partial charge < -0.3 is 10.6 Å². The summed E-state index contributed by atoms with van der Waals surface area (Å²) >= 11 is 5.92. The van der Waals surface area contributed by atoms with Crippen LogP contribution in [0, 0.1) is 0 Å². The van der Waals surface area contributed by atoms with E-state index in [1.54, 1.807) is 13.1 Å². The molecule has 0 spiro atoms. The molecule has 2 N–H and O–H groups in total. The summed E-state index contributed by atoms with van der Waals surface area (Å²) in [6.45, 7) is 2.10. The fourth-order valence-electron chi connectivity index (χ4n) is 2.78. The van der Waals surface area contributed by atoms with Crippen molar-refractivity contribution in [1.29, 1.82) is 0 Å². The average molecular weight is 319 g/mol. The van der Waals surface area contributed by atoms with Crippen LogP contribution in [-0.4, -0.2) is 28.8 Å². The third kappa shape index (κ3) is 3.31. The number of nitrogens with zero attached hydrogens (tertiary/aromatic N) is 2. The van der Waals surface area contributed by atoms with Gasteiger partial charge in [-0.1, -0.05) is 23.7 Å². The summed E-state index contributed by atoms with van der Waals surface area (Å²) in [7, 11) is 1.71. The van der Waals surface area contributed by atoms with Gasteiger partial charge in [-0.05, 0) is 49.5 Å². The lowest BCUT2D eigenvalue weighted by atomic mass is 9.90. The van der Waals surface area contributed by atoms with Gasteiger partial charge in [0.25, 0.3) is 5.91 Å². The van der Waals surface area contributed by atoms with E-state index in [1.165, 1.54) is 10.2 Å². The Kier molecular flexibility index (Phi) is 4.45. The molecule has 0 aliphatic carbocycles. The van der Waals surface area contributed by atoms with Gasteiger partial charge in [0, 0.05) is 18.8 Å². The van der Waals surface area contributed by atoms with E-state index < -0.39 is 0 Å². The van der Waals surface area contributed by atoms with Crippen LogP contribution in [0.2, 0.25) is 5.15 Å². The number of halogens is 1. The van der Waals surface area contributed by atoms with Gasteiger partial charge in [-0.25, -0.2) is 0 Å². The lowest BCUT2D eigenvalue weighted by molar-refractivity contribution is 0.102. The zero-order chi connectivity index (χ0) is 15.5. The van der Waals surface area contributed by atoms with Gasteiger partial charge in [0.1, 0.15) is 5.15 Å². The van der Waals surface area contributed by atoms with Crippen molar-refractivity contribution in [2.45, 2.75) is 18.8 Å². The average Bonchev–Trinajstić information content (AvgIpc) is 2.88. The predicted octanol–water partition coefficient (Wildman–Crippen LogP) is 2.79. The highest BCUT2D eigenvalue weighted by Crippen LogP contribution is 2.27. The van der Waals surface area contributed by atoms with Gasteiger partial charge in [-0.3, -0.25) is 9.48 Å². The van der Waals surface area contributed by atoms with Crippen LogP contribution in [0.5, 0.6) is 0 Å². The Balaban J connectivity index is 1.73. The molecule has 3 rings (SSSR count). The Morgan fingerprint density at radius 1 is 1.36 bits per heavy atom. The first kappa shape index (κ1) is 15.1. The predicted molar refractivity (Wildman–Crippen MR) is 87.5 cm³/mol. The lowest BCUT2D eigenvalue weighted by Crippen LogP contribution is -2.26. The van der Waals surface area contributed by atoms with E-state index in [0.29, 0.717) is 16.8 Å². The van der Waals surface area contributed by atoms with Gasteiger partial charge in [-0.15, -0.1) is 0 Å². The van der Waals surface area contributed by atoms with Gasteiger partial charge >= 0.3 is 0 Å². The topological polar surface area (TPSA) is 59.0 Å². The molecule has 1 aliphatic heterocycles. The van der Waals surface area contributed by atoms with E-state index in [9.17, 15) is 4.79 Å². The van der Waals surface area contributed by atoms with Gasteiger partial charge in [0.15, 0.2) is 5.69 Å². The second-order valence-corrected chi connectivity index (χ2v) is 5.97. The molecule has 5 nitrogen and oxygen atoms in total. The summed E-state index contributed by atoms with van der Waals surface area (Å²) in [6.07, 6.45) is 2.26. The normalized spacial score (nSPS) is 15.7. The van der Waals surface area contributed by atoms with Crippen LogP contribution in [0.15, 0.2) is 30.3 Å². The monoisotopic (exact) mass is 318 g/mol. The zero-order valence-corrected chi connectivity index (χ0v) is 13.2. The molecule has 116 valence electrons. The second kappa shape index (κ2) is 6.50. The van der Waals surface area contributed by atoms with E-state index in [-0.39, 0.29) is 5.91 Å². The number of rotatable bonds is 3. The number of carbonyl (C=O) groups excluding carboxylic acids is 1. The first-order chi connectivity index (χ1) is 10.6. The molecule has 1 aromatic carbocycles. The number of benzene rings is 1. The Bertz CT molecular complexity index is 657. The number of piperidine rings is 1. The molecule has 0 unspecified atom stereocenters. The van der Waals surface area contributed by atoms with E-state index in [0.717, 1.165) is 31.6 Å². The lowest BCUT2D eigenvalue weighted by Gasteiger charge is -2.23. The maximum absolute atomic E-state index is 12.2. The van der Waals surface area contributed by atoms with E-state index in [2.05, 4.69) is 27.9 Å². The molecule has 1 saturated heterocycles. The summed E-state index contributed by atoms with van der Waals surface area (Å²) < 4.78 is 1.47. The summed E-state index contributed by atoms with van der Waals surface area (Å²) in [5.74, 6) is 0.312. The number of hydrogen-bond acceptors (Lipinski definition) is 3. The zero-order valence-electron chi connectivity index (χ0n) is 12.5. The largest absolute Gasteiger partial charge is 0.321 e.